The van der Waals surface area contributed by atoms with E-state index in [0.29, 0.717) is 0 Å². The summed E-state index contributed by atoms with van der Waals surface area (Å²) in [4.78, 5) is 11.8. The molecule has 2 rings (SSSR count). The number of esters is 1. The SMILES string of the molecule is N#Cc1cccc(COC(=O)c2ccc(F)c(N)c2)c1F. The molecule has 21 heavy (non-hydrogen) atoms. The van der Waals surface area contributed by atoms with E-state index in [1.165, 1.54) is 24.3 Å². The Morgan fingerprint density at radius 2 is 2.05 bits per heavy atom. The minimum absolute atomic E-state index is 0.0609. The molecular weight excluding hydrogens is 278 g/mol. The van der Waals surface area contributed by atoms with Gasteiger partial charge in [0.15, 0.2) is 0 Å². The van der Waals surface area contributed by atoms with Gasteiger partial charge in [-0.1, -0.05) is 12.1 Å². The van der Waals surface area contributed by atoms with Crippen molar-refractivity contribution >= 4 is 11.7 Å². The van der Waals surface area contributed by atoms with Gasteiger partial charge < -0.3 is 10.5 Å². The van der Waals surface area contributed by atoms with Crippen LogP contribution in [0.15, 0.2) is 36.4 Å². The average molecular weight is 288 g/mol. The second-order valence-electron chi connectivity index (χ2n) is 4.20. The van der Waals surface area contributed by atoms with E-state index in [2.05, 4.69) is 0 Å². The van der Waals surface area contributed by atoms with Crippen molar-refractivity contribution < 1.29 is 18.3 Å². The van der Waals surface area contributed by atoms with Crippen molar-refractivity contribution in [2.45, 2.75) is 6.61 Å². The molecule has 0 saturated heterocycles. The number of carbonyl (C=O) groups is 1. The van der Waals surface area contributed by atoms with Crippen LogP contribution in [0, 0.1) is 23.0 Å². The molecule has 0 radical (unpaired) electrons. The molecule has 0 bridgehead atoms. The molecule has 106 valence electrons. The first-order valence-electron chi connectivity index (χ1n) is 5.92. The number of nitrogen functional groups attached to an aromatic ring is 1. The van der Waals surface area contributed by atoms with Gasteiger partial charge in [0.25, 0.3) is 0 Å². The monoisotopic (exact) mass is 288 g/mol. The van der Waals surface area contributed by atoms with Gasteiger partial charge in [-0.25, -0.2) is 13.6 Å². The quantitative estimate of drug-likeness (QED) is 0.696. The van der Waals surface area contributed by atoms with Crippen molar-refractivity contribution in [3.63, 3.8) is 0 Å². The zero-order chi connectivity index (χ0) is 15.4. The van der Waals surface area contributed by atoms with Gasteiger partial charge in [0, 0.05) is 5.56 Å². The van der Waals surface area contributed by atoms with Crippen LogP contribution in [0.25, 0.3) is 0 Å². The highest BCUT2D eigenvalue weighted by atomic mass is 19.1. The van der Waals surface area contributed by atoms with Gasteiger partial charge in [-0.15, -0.1) is 0 Å². The molecule has 0 fully saturated rings. The number of ether oxygens (including phenoxy) is 1. The first-order valence-corrected chi connectivity index (χ1v) is 5.92. The number of halogens is 2. The summed E-state index contributed by atoms with van der Waals surface area (Å²) in [7, 11) is 0. The fourth-order valence-electron chi connectivity index (χ4n) is 1.67. The minimum atomic E-state index is -0.761. The van der Waals surface area contributed by atoms with Crippen LogP contribution in [0.1, 0.15) is 21.5 Å². The summed E-state index contributed by atoms with van der Waals surface area (Å²) in [6, 6.07) is 9.31. The van der Waals surface area contributed by atoms with Crippen molar-refractivity contribution in [2.24, 2.45) is 0 Å². The molecule has 0 aliphatic carbocycles. The van der Waals surface area contributed by atoms with Gasteiger partial charge in [0.1, 0.15) is 24.3 Å². The number of hydrogen-bond donors (Lipinski definition) is 1. The fourth-order valence-corrected chi connectivity index (χ4v) is 1.67. The predicted octanol–water partition coefficient (Wildman–Crippen LogP) is 2.78. The number of benzene rings is 2. The topological polar surface area (TPSA) is 76.1 Å². The maximum absolute atomic E-state index is 13.8. The zero-order valence-electron chi connectivity index (χ0n) is 10.8. The van der Waals surface area contributed by atoms with Crippen molar-refractivity contribution in [1.82, 2.24) is 0 Å². The lowest BCUT2D eigenvalue weighted by Gasteiger charge is -2.07. The maximum atomic E-state index is 13.8. The van der Waals surface area contributed by atoms with E-state index in [4.69, 9.17) is 15.7 Å². The third kappa shape index (κ3) is 3.15. The van der Waals surface area contributed by atoms with E-state index < -0.39 is 17.6 Å². The molecule has 0 aliphatic heterocycles. The molecule has 0 spiro atoms. The Morgan fingerprint density at radius 3 is 2.71 bits per heavy atom. The molecule has 2 aromatic rings. The van der Waals surface area contributed by atoms with Crippen LogP contribution < -0.4 is 5.73 Å². The van der Waals surface area contributed by atoms with Crippen molar-refractivity contribution in [3.8, 4) is 6.07 Å². The fraction of sp³-hybridized carbons (Fsp3) is 0.0667. The summed E-state index contributed by atoms with van der Waals surface area (Å²) in [6.45, 7) is -0.336. The Bertz CT molecular complexity index is 739. The van der Waals surface area contributed by atoms with Crippen molar-refractivity contribution in [2.75, 3.05) is 5.73 Å². The van der Waals surface area contributed by atoms with Crippen LogP contribution in [0.4, 0.5) is 14.5 Å². The molecule has 0 aromatic heterocycles. The summed E-state index contributed by atoms with van der Waals surface area (Å²) in [5, 5.41) is 8.71. The third-order valence-electron chi connectivity index (χ3n) is 2.79. The second kappa shape index (κ2) is 6.01. The Labute approximate surface area is 119 Å². The van der Waals surface area contributed by atoms with Crippen LogP contribution in [0.3, 0.4) is 0 Å². The molecule has 4 nitrogen and oxygen atoms in total. The number of carbonyl (C=O) groups excluding carboxylic acids is 1. The molecule has 2 N–H and O–H groups in total. The van der Waals surface area contributed by atoms with Crippen LogP contribution in [-0.4, -0.2) is 5.97 Å². The van der Waals surface area contributed by atoms with E-state index in [-0.39, 0.29) is 29.0 Å². The molecule has 0 atom stereocenters. The van der Waals surface area contributed by atoms with Gasteiger partial charge >= 0.3 is 5.97 Å². The lowest BCUT2D eigenvalue weighted by Crippen LogP contribution is -2.07. The molecule has 6 heteroatoms. The highest BCUT2D eigenvalue weighted by molar-refractivity contribution is 5.90. The third-order valence-corrected chi connectivity index (χ3v) is 2.79. The number of rotatable bonds is 3. The smallest absolute Gasteiger partial charge is 0.338 e. The molecule has 2 aromatic carbocycles. The molecule has 0 amide bonds. The Balaban J connectivity index is 2.11. The Kier molecular flexibility index (Phi) is 4.14. The number of hydrogen-bond acceptors (Lipinski definition) is 4. The molecule has 0 aliphatic rings. The van der Waals surface area contributed by atoms with E-state index in [0.717, 1.165) is 12.1 Å². The first-order chi connectivity index (χ1) is 10.0. The van der Waals surface area contributed by atoms with E-state index >= 15 is 0 Å². The average Bonchev–Trinajstić information content (AvgIpc) is 2.48. The lowest BCUT2D eigenvalue weighted by atomic mass is 10.1. The van der Waals surface area contributed by atoms with E-state index in [9.17, 15) is 13.6 Å². The van der Waals surface area contributed by atoms with Gasteiger partial charge in [-0.05, 0) is 24.3 Å². The van der Waals surface area contributed by atoms with Crippen LogP contribution in [-0.2, 0) is 11.3 Å². The van der Waals surface area contributed by atoms with E-state index in [1.54, 1.807) is 6.07 Å². The van der Waals surface area contributed by atoms with Crippen LogP contribution in [0.2, 0.25) is 0 Å². The summed E-state index contributed by atoms with van der Waals surface area (Å²) in [5.74, 6) is -2.13. The number of nitrogens with two attached hydrogens (primary N) is 1. The summed E-state index contributed by atoms with van der Waals surface area (Å²) in [5.41, 5.74) is 5.18. The standard InChI is InChI=1S/C15H10F2N2O2/c16-12-5-4-9(6-13(12)19)15(20)21-8-11-3-1-2-10(7-18)14(11)17/h1-6H,8,19H2. The van der Waals surface area contributed by atoms with Gasteiger partial charge in [0.2, 0.25) is 0 Å². The maximum Gasteiger partial charge on any atom is 0.338 e. The molecular formula is C15H10F2N2O2. The van der Waals surface area contributed by atoms with Gasteiger partial charge in [0.05, 0.1) is 16.8 Å². The Hall–Kier alpha value is -2.94. The predicted molar refractivity (Wildman–Crippen MR) is 71.0 cm³/mol. The van der Waals surface area contributed by atoms with Crippen LogP contribution in [0.5, 0.6) is 0 Å². The normalized spacial score (nSPS) is 9.95. The molecule has 0 heterocycles. The van der Waals surface area contributed by atoms with E-state index in [1.807, 2.05) is 0 Å². The second-order valence-corrected chi connectivity index (χ2v) is 4.20. The van der Waals surface area contributed by atoms with Crippen LogP contribution >= 0.6 is 0 Å². The molecule has 0 unspecified atom stereocenters. The summed E-state index contributed by atoms with van der Waals surface area (Å²) >= 11 is 0. The zero-order valence-corrected chi connectivity index (χ0v) is 10.8. The highest BCUT2D eigenvalue weighted by Gasteiger charge is 2.13. The summed E-state index contributed by atoms with van der Waals surface area (Å²) < 4.78 is 31.7. The number of anilines is 1. The lowest BCUT2D eigenvalue weighted by molar-refractivity contribution is 0.0469. The van der Waals surface area contributed by atoms with Gasteiger partial charge in [-0.3, -0.25) is 0 Å². The van der Waals surface area contributed by atoms with Crippen molar-refractivity contribution in [1.29, 1.82) is 5.26 Å². The Morgan fingerprint density at radius 1 is 1.29 bits per heavy atom. The number of nitrogens with zero attached hydrogens (tertiary/aromatic N) is 1. The minimum Gasteiger partial charge on any atom is -0.457 e. The van der Waals surface area contributed by atoms with Crippen molar-refractivity contribution in [3.05, 3.63) is 64.7 Å². The first kappa shape index (κ1) is 14.5. The van der Waals surface area contributed by atoms with Gasteiger partial charge in [-0.2, -0.15) is 5.26 Å². The highest BCUT2D eigenvalue weighted by Crippen LogP contribution is 2.16. The summed E-state index contributed by atoms with van der Waals surface area (Å²) in [6.07, 6.45) is 0. The largest absolute Gasteiger partial charge is 0.457 e. The number of nitriles is 1. The molecule has 0 saturated carbocycles.